The van der Waals surface area contributed by atoms with Gasteiger partial charge in [-0.15, -0.1) is 24.0 Å². The molecule has 1 aromatic carbocycles. The number of aliphatic imine (C=N–C) groups is 1. The molecule has 1 fully saturated rings. The Bertz CT molecular complexity index is 558. The zero-order valence-electron chi connectivity index (χ0n) is 14.8. The molecular weight excluding hydrogens is 415 g/mol. The largest absolute Gasteiger partial charge is 0.357 e. The van der Waals surface area contributed by atoms with Crippen LogP contribution in [-0.2, 0) is 4.79 Å². The molecule has 0 saturated heterocycles. The summed E-state index contributed by atoms with van der Waals surface area (Å²) in [5, 5.41) is 9.45. The maximum Gasteiger partial charge on any atom is 0.242 e. The summed E-state index contributed by atoms with van der Waals surface area (Å²) in [5.41, 5.74) is 2.58. The van der Waals surface area contributed by atoms with E-state index in [-0.39, 0.29) is 36.4 Å². The third kappa shape index (κ3) is 7.51. The second-order valence-corrected chi connectivity index (χ2v) is 6.23. The second-order valence-electron chi connectivity index (χ2n) is 6.23. The van der Waals surface area contributed by atoms with Crippen molar-refractivity contribution >= 4 is 35.8 Å². The number of hydrogen-bond acceptors (Lipinski definition) is 2. The van der Waals surface area contributed by atoms with E-state index in [0.29, 0.717) is 17.9 Å². The van der Waals surface area contributed by atoms with Gasteiger partial charge in [-0.05, 0) is 38.2 Å². The maximum atomic E-state index is 11.7. The molecule has 1 saturated carbocycles. The molecular formula is C18H29IN4O. The van der Waals surface area contributed by atoms with Crippen LogP contribution in [0.1, 0.15) is 43.7 Å². The quantitative estimate of drug-likeness (QED) is 0.344. The van der Waals surface area contributed by atoms with Crippen LogP contribution in [0.5, 0.6) is 0 Å². The van der Waals surface area contributed by atoms with Crippen LogP contribution in [0.2, 0.25) is 0 Å². The Morgan fingerprint density at radius 2 is 2.08 bits per heavy atom. The highest BCUT2D eigenvalue weighted by atomic mass is 127. The van der Waals surface area contributed by atoms with Gasteiger partial charge < -0.3 is 16.0 Å². The van der Waals surface area contributed by atoms with Gasteiger partial charge in [0.05, 0.1) is 0 Å². The molecule has 0 heterocycles. The molecule has 1 atom stereocenters. The number of aryl methyl sites for hydroxylation is 1. The van der Waals surface area contributed by atoms with Gasteiger partial charge in [0.2, 0.25) is 5.91 Å². The van der Waals surface area contributed by atoms with Crippen molar-refractivity contribution in [1.82, 2.24) is 16.0 Å². The lowest BCUT2D eigenvalue weighted by Gasteiger charge is -2.16. The number of guanidine groups is 1. The van der Waals surface area contributed by atoms with Crippen LogP contribution >= 0.6 is 24.0 Å². The zero-order chi connectivity index (χ0) is 16.7. The minimum Gasteiger partial charge on any atom is -0.357 e. The standard InChI is InChI=1S/C18H28N4O.HI/c1-4-19-18(21-12-17(23)22-16-8-9-16)20-11-14(3)15-7-5-6-13(2)10-15;/h5-7,10,14,16H,4,8-9,11-12H2,1-3H3,(H,22,23)(H2,19,20,21);1H. The van der Waals surface area contributed by atoms with E-state index in [2.05, 4.69) is 59.1 Å². The van der Waals surface area contributed by atoms with Gasteiger partial charge in [-0.25, -0.2) is 4.99 Å². The number of halogens is 1. The molecule has 2 rings (SSSR count). The number of benzene rings is 1. The van der Waals surface area contributed by atoms with Crippen LogP contribution in [0.3, 0.4) is 0 Å². The molecule has 1 aliphatic carbocycles. The number of nitrogens with one attached hydrogen (secondary N) is 3. The monoisotopic (exact) mass is 444 g/mol. The van der Waals surface area contributed by atoms with Crippen LogP contribution < -0.4 is 16.0 Å². The molecule has 24 heavy (non-hydrogen) atoms. The van der Waals surface area contributed by atoms with Crippen molar-refractivity contribution in [2.45, 2.75) is 45.6 Å². The second kappa shape index (κ2) is 10.5. The number of carbonyl (C=O) groups excluding carboxylic acids is 1. The lowest BCUT2D eigenvalue weighted by Crippen LogP contribution is -2.40. The Balaban J connectivity index is 0.00000288. The third-order valence-corrected chi connectivity index (χ3v) is 3.85. The highest BCUT2D eigenvalue weighted by Crippen LogP contribution is 2.18. The molecule has 5 nitrogen and oxygen atoms in total. The van der Waals surface area contributed by atoms with E-state index < -0.39 is 0 Å². The average molecular weight is 444 g/mol. The van der Waals surface area contributed by atoms with E-state index in [1.165, 1.54) is 11.1 Å². The summed E-state index contributed by atoms with van der Waals surface area (Å²) >= 11 is 0. The first-order chi connectivity index (χ1) is 11.1. The van der Waals surface area contributed by atoms with Crippen molar-refractivity contribution in [3.8, 4) is 0 Å². The first kappa shape index (κ1) is 20.7. The summed E-state index contributed by atoms with van der Waals surface area (Å²) in [4.78, 5) is 16.1. The predicted molar refractivity (Wildman–Crippen MR) is 110 cm³/mol. The van der Waals surface area contributed by atoms with Gasteiger partial charge in [0.15, 0.2) is 5.96 Å². The first-order valence-electron chi connectivity index (χ1n) is 8.46. The Kier molecular flexibility index (Phi) is 9.10. The molecule has 1 aromatic rings. The number of carbonyl (C=O) groups is 1. The SMILES string of the molecule is CCNC(=NCC(=O)NC1CC1)NCC(C)c1cccc(C)c1.I. The van der Waals surface area contributed by atoms with Crippen LogP contribution in [-0.4, -0.2) is 37.5 Å². The fourth-order valence-corrected chi connectivity index (χ4v) is 2.34. The number of nitrogens with zero attached hydrogens (tertiary/aromatic N) is 1. The topological polar surface area (TPSA) is 65.5 Å². The molecule has 0 spiro atoms. The normalized spacial score (nSPS) is 15.2. The van der Waals surface area contributed by atoms with Crippen LogP contribution in [0.4, 0.5) is 0 Å². The van der Waals surface area contributed by atoms with Gasteiger partial charge in [0.1, 0.15) is 6.54 Å². The predicted octanol–water partition coefficient (Wildman–Crippen LogP) is 2.55. The molecule has 1 aliphatic rings. The summed E-state index contributed by atoms with van der Waals surface area (Å²) in [5.74, 6) is 1.06. The van der Waals surface area contributed by atoms with E-state index in [1.54, 1.807) is 0 Å². The molecule has 134 valence electrons. The molecule has 0 bridgehead atoms. The van der Waals surface area contributed by atoms with Gasteiger partial charge in [-0.3, -0.25) is 4.79 Å². The number of amides is 1. The smallest absolute Gasteiger partial charge is 0.242 e. The lowest BCUT2D eigenvalue weighted by atomic mass is 9.99. The minimum absolute atomic E-state index is 0. The number of hydrogen-bond donors (Lipinski definition) is 3. The van der Waals surface area contributed by atoms with Crippen LogP contribution in [0.15, 0.2) is 29.3 Å². The third-order valence-electron chi connectivity index (χ3n) is 3.85. The summed E-state index contributed by atoms with van der Waals surface area (Å²) < 4.78 is 0. The van der Waals surface area contributed by atoms with Crippen molar-refractivity contribution in [1.29, 1.82) is 0 Å². The van der Waals surface area contributed by atoms with Crippen LogP contribution in [0.25, 0.3) is 0 Å². The van der Waals surface area contributed by atoms with E-state index in [1.807, 2.05) is 6.92 Å². The fourth-order valence-electron chi connectivity index (χ4n) is 2.34. The van der Waals surface area contributed by atoms with Gasteiger partial charge in [0.25, 0.3) is 0 Å². The summed E-state index contributed by atoms with van der Waals surface area (Å²) in [6.07, 6.45) is 2.20. The van der Waals surface area contributed by atoms with E-state index in [9.17, 15) is 4.79 Å². The number of rotatable bonds is 7. The van der Waals surface area contributed by atoms with E-state index >= 15 is 0 Å². The van der Waals surface area contributed by atoms with E-state index in [4.69, 9.17) is 0 Å². The molecule has 0 radical (unpaired) electrons. The van der Waals surface area contributed by atoms with Crippen LogP contribution in [0, 0.1) is 6.92 Å². The first-order valence-corrected chi connectivity index (χ1v) is 8.46. The van der Waals surface area contributed by atoms with Crippen molar-refractivity contribution in [2.24, 2.45) is 4.99 Å². The van der Waals surface area contributed by atoms with Gasteiger partial charge in [0, 0.05) is 19.1 Å². The lowest BCUT2D eigenvalue weighted by molar-refractivity contribution is -0.119. The Morgan fingerprint density at radius 1 is 1.33 bits per heavy atom. The van der Waals surface area contributed by atoms with Gasteiger partial charge in [-0.1, -0.05) is 36.8 Å². The molecule has 1 amide bonds. The Labute approximate surface area is 162 Å². The van der Waals surface area contributed by atoms with Gasteiger partial charge in [-0.2, -0.15) is 0 Å². The summed E-state index contributed by atoms with van der Waals surface area (Å²) in [6, 6.07) is 8.93. The summed E-state index contributed by atoms with van der Waals surface area (Å²) in [7, 11) is 0. The molecule has 3 N–H and O–H groups in total. The maximum absolute atomic E-state index is 11.7. The minimum atomic E-state index is -0.00330. The molecule has 1 unspecified atom stereocenters. The molecule has 0 aliphatic heterocycles. The Hall–Kier alpha value is -1.31. The zero-order valence-corrected chi connectivity index (χ0v) is 17.1. The Morgan fingerprint density at radius 3 is 2.71 bits per heavy atom. The summed E-state index contributed by atoms with van der Waals surface area (Å²) in [6.45, 7) is 8.03. The average Bonchev–Trinajstić information content (AvgIpc) is 3.33. The highest BCUT2D eigenvalue weighted by Gasteiger charge is 2.22. The molecule has 0 aromatic heterocycles. The van der Waals surface area contributed by atoms with Gasteiger partial charge >= 0.3 is 0 Å². The van der Waals surface area contributed by atoms with Crippen molar-refractivity contribution in [2.75, 3.05) is 19.6 Å². The fraction of sp³-hybridized carbons (Fsp3) is 0.556. The molecule has 6 heteroatoms. The van der Waals surface area contributed by atoms with E-state index in [0.717, 1.165) is 25.9 Å². The van der Waals surface area contributed by atoms with Crippen molar-refractivity contribution in [3.63, 3.8) is 0 Å². The highest BCUT2D eigenvalue weighted by molar-refractivity contribution is 14.0. The van der Waals surface area contributed by atoms with Crippen molar-refractivity contribution < 1.29 is 4.79 Å². The van der Waals surface area contributed by atoms with Crippen molar-refractivity contribution in [3.05, 3.63) is 35.4 Å².